The minimum atomic E-state index is -0.285. The first-order valence-electron chi connectivity index (χ1n) is 8.25. The molecule has 2 N–H and O–H groups in total. The molecule has 128 valence electrons. The van der Waals surface area contributed by atoms with E-state index in [0.29, 0.717) is 12.3 Å². The average molecular weight is 332 g/mol. The molecule has 0 aliphatic carbocycles. The van der Waals surface area contributed by atoms with Gasteiger partial charge in [-0.05, 0) is 38.0 Å². The molecule has 0 aromatic heterocycles. The van der Waals surface area contributed by atoms with Crippen LogP contribution >= 0.6 is 12.4 Å². The molecule has 2 rings (SSSR count). The Morgan fingerprint density at radius 2 is 1.77 bits per heavy atom. The van der Waals surface area contributed by atoms with Crippen molar-refractivity contribution in [1.29, 1.82) is 0 Å². The highest BCUT2D eigenvalue weighted by Gasteiger charge is 2.38. The second-order valence-corrected chi connectivity index (χ2v) is 6.90. The second-order valence-electron chi connectivity index (χ2n) is 6.90. The van der Waals surface area contributed by atoms with E-state index in [0.717, 1.165) is 38.9 Å². The molecule has 5 nitrogen and oxygen atoms in total. The first kappa shape index (κ1) is 19.2. The standard InChI is InChI=1S/C16H29N3O2.ClH/c1-11(2)15(19-8-4-5-14(19)20)16(21)18-9-6-13(7-10-18)12(3)17;/h11-13,15H,4-10,17H2,1-3H3;1H. The number of carbonyl (C=O) groups excluding carboxylic acids is 2. The molecule has 0 radical (unpaired) electrons. The zero-order valence-electron chi connectivity index (χ0n) is 14.0. The van der Waals surface area contributed by atoms with E-state index in [-0.39, 0.29) is 42.2 Å². The van der Waals surface area contributed by atoms with Crippen molar-refractivity contribution in [2.45, 2.75) is 58.5 Å². The van der Waals surface area contributed by atoms with Crippen LogP contribution in [0.15, 0.2) is 0 Å². The maximum atomic E-state index is 12.8. The normalized spacial score (nSPS) is 22.7. The quantitative estimate of drug-likeness (QED) is 0.851. The molecule has 22 heavy (non-hydrogen) atoms. The van der Waals surface area contributed by atoms with Crippen molar-refractivity contribution in [1.82, 2.24) is 9.80 Å². The molecule has 2 amide bonds. The van der Waals surface area contributed by atoms with E-state index in [1.54, 1.807) is 4.90 Å². The van der Waals surface area contributed by atoms with Gasteiger partial charge in [-0.2, -0.15) is 0 Å². The van der Waals surface area contributed by atoms with Gasteiger partial charge in [0.2, 0.25) is 11.8 Å². The molecule has 2 fully saturated rings. The van der Waals surface area contributed by atoms with Gasteiger partial charge in [0.05, 0.1) is 0 Å². The van der Waals surface area contributed by atoms with Crippen LogP contribution in [0.1, 0.15) is 46.5 Å². The molecule has 2 atom stereocenters. The number of piperidine rings is 1. The lowest BCUT2D eigenvalue weighted by Gasteiger charge is -2.39. The van der Waals surface area contributed by atoms with Gasteiger partial charge in [0.15, 0.2) is 0 Å². The SMILES string of the molecule is CC(C)C(C(=O)N1CCC(C(C)N)CC1)N1CCCC1=O.Cl. The molecule has 2 aliphatic heterocycles. The topological polar surface area (TPSA) is 66.6 Å². The van der Waals surface area contributed by atoms with Gasteiger partial charge in [-0.1, -0.05) is 13.8 Å². The van der Waals surface area contributed by atoms with E-state index >= 15 is 0 Å². The summed E-state index contributed by atoms with van der Waals surface area (Å²) in [6.07, 6.45) is 3.41. The number of hydrogen-bond donors (Lipinski definition) is 1. The van der Waals surface area contributed by atoms with Crippen LogP contribution in [0, 0.1) is 11.8 Å². The average Bonchev–Trinajstić information content (AvgIpc) is 2.85. The monoisotopic (exact) mass is 331 g/mol. The van der Waals surface area contributed by atoms with E-state index in [2.05, 4.69) is 0 Å². The van der Waals surface area contributed by atoms with Crippen LogP contribution in [0.4, 0.5) is 0 Å². The molecule has 0 bridgehead atoms. The van der Waals surface area contributed by atoms with Crippen molar-refractivity contribution < 1.29 is 9.59 Å². The van der Waals surface area contributed by atoms with Crippen molar-refractivity contribution in [3.05, 3.63) is 0 Å². The summed E-state index contributed by atoms with van der Waals surface area (Å²) in [4.78, 5) is 28.6. The molecule has 2 aliphatic rings. The largest absolute Gasteiger partial charge is 0.341 e. The number of carbonyl (C=O) groups is 2. The fraction of sp³-hybridized carbons (Fsp3) is 0.875. The van der Waals surface area contributed by atoms with Crippen LogP contribution in [0.5, 0.6) is 0 Å². The van der Waals surface area contributed by atoms with Gasteiger partial charge in [-0.25, -0.2) is 0 Å². The molecule has 2 heterocycles. The third-order valence-electron chi connectivity index (χ3n) is 4.93. The van der Waals surface area contributed by atoms with Crippen LogP contribution in [0.25, 0.3) is 0 Å². The van der Waals surface area contributed by atoms with Gasteiger partial charge in [-0.15, -0.1) is 12.4 Å². The van der Waals surface area contributed by atoms with Gasteiger partial charge in [0.1, 0.15) is 6.04 Å². The van der Waals surface area contributed by atoms with E-state index in [9.17, 15) is 9.59 Å². The summed E-state index contributed by atoms with van der Waals surface area (Å²) >= 11 is 0. The number of likely N-dealkylation sites (tertiary alicyclic amines) is 2. The van der Waals surface area contributed by atoms with Crippen LogP contribution < -0.4 is 5.73 Å². The van der Waals surface area contributed by atoms with Gasteiger partial charge < -0.3 is 15.5 Å². The maximum absolute atomic E-state index is 12.8. The van der Waals surface area contributed by atoms with Crippen LogP contribution in [0.2, 0.25) is 0 Å². The predicted molar refractivity (Wildman–Crippen MR) is 89.8 cm³/mol. The Kier molecular flexibility index (Phi) is 7.13. The van der Waals surface area contributed by atoms with E-state index in [4.69, 9.17) is 5.73 Å². The Hall–Kier alpha value is -0.810. The highest BCUT2D eigenvalue weighted by Crippen LogP contribution is 2.25. The summed E-state index contributed by atoms with van der Waals surface area (Å²) in [5.41, 5.74) is 5.96. The number of hydrogen-bond acceptors (Lipinski definition) is 3. The van der Waals surface area contributed by atoms with E-state index in [1.165, 1.54) is 0 Å². The molecule has 2 saturated heterocycles. The van der Waals surface area contributed by atoms with Gasteiger partial charge >= 0.3 is 0 Å². The van der Waals surface area contributed by atoms with Crippen LogP contribution in [-0.4, -0.2) is 53.3 Å². The smallest absolute Gasteiger partial charge is 0.245 e. The first-order valence-corrected chi connectivity index (χ1v) is 8.25. The van der Waals surface area contributed by atoms with Gasteiger partial charge in [-0.3, -0.25) is 9.59 Å². The fourth-order valence-corrected chi connectivity index (χ4v) is 3.57. The number of halogens is 1. The van der Waals surface area contributed by atoms with Crippen LogP contribution in [-0.2, 0) is 9.59 Å². The Bertz CT molecular complexity index is 393. The minimum Gasteiger partial charge on any atom is -0.341 e. The number of nitrogens with zero attached hydrogens (tertiary/aromatic N) is 2. The molecular formula is C16H30ClN3O2. The summed E-state index contributed by atoms with van der Waals surface area (Å²) < 4.78 is 0. The van der Waals surface area contributed by atoms with Crippen LogP contribution in [0.3, 0.4) is 0 Å². The minimum absolute atomic E-state index is 0. The second kappa shape index (κ2) is 8.16. The lowest BCUT2D eigenvalue weighted by Crippen LogP contribution is -2.54. The fourth-order valence-electron chi connectivity index (χ4n) is 3.57. The molecule has 2 unspecified atom stereocenters. The van der Waals surface area contributed by atoms with Gasteiger partial charge in [0, 0.05) is 32.1 Å². The third kappa shape index (κ3) is 4.13. The molecule has 0 spiro atoms. The van der Waals surface area contributed by atoms with Crippen molar-refractivity contribution in [2.24, 2.45) is 17.6 Å². The molecule has 0 aromatic carbocycles. The van der Waals surface area contributed by atoms with E-state index < -0.39 is 0 Å². The van der Waals surface area contributed by atoms with Crippen molar-refractivity contribution in [2.75, 3.05) is 19.6 Å². The maximum Gasteiger partial charge on any atom is 0.245 e. The van der Waals surface area contributed by atoms with E-state index in [1.807, 2.05) is 25.7 Å². The summed E-state index contributed by atoms with van der Waals surface area (Å²) in [5.74, 6) is 0.932. The number of nitrogens with two attached hydrogens (primary N) is 1. The zero-order chi connectivity index (χ0) is 15.6. The highest BCUT2D eigenvalue weighted by atomic mass is 35.5. The third-order valence-corrected chi connectivity index (χ3v) is 4.93. The van der Waals surface area contributed by atoms with Gasteiger partial charge in [0.25, 0.3) is 0 Å². The summed E-state index contributed by atoms with van der Waals surface area (Å²) in [5, 5.41) is 0. The number of rotatable bonds is 4. The zero-order valence-corrected chi connectivity index (χ0v) is 14.8. The Morgan fingerprint density at radius 3 is 2.18 bits per heavy atom. The summed E-state index contributed by atoms with van der Waals surface area (Å²) in [7, 11) is 0. The Balaban J connectivity index is 0.00000242. The Morgan fingerprint density at radius 1 is 1.18 bits per heavy atom. The lowest BCUT2D eigenvalue weighted by molar-refractivity contribution is -0.146. The number of amides is 2. The molecular weight excluding hydrogens is 302 g/mol. The Labute approximate surface area is 140 Å². The molecule has 0 aromatic rings. The highest BCUT2D eigenvalue weighted by molar-refractivity contribution is 5.89. The predicted octanol–water partition coefficient (Wildman–Crippen LogP) is 1.64. The summed E-state index contributed by atoms with van der Waals surface area (Å²) in [6, 6.07) is -0.0878. The van der Waals surface area contributed by atoms with Crippen molar-refractivity contribution in [3.8, 4) is 0 Å². The van der Waals surface area contributed by atoms with Crippen molar-refractivity contribution in [3.63, 3.8) is 0 Å². The summed E-state index contributed by atoms with van der Waals surface area (Å²) in [6.45, 7) is 8.38. The lowest BCUT2D eigenvalue weighted by atomic mass is 9.90. The molecule has 0 saturated carbocycles. The molecule has 6 heteroatoms. The first-order chi connectivity index (χ1) is 9.91. The van der Waals surface area contributed by atoms with Crippen molar-refractivity contribution >= 4 is 24.2 Å².